The maximum absolute atomic E-state index is 11.1. The molecule has 1 aliphatic heterocycles. The van der Waals surface area contributed by atoms with E-state index in [4.69, 9.17) is 0 Å². The molecule has 2 aromatic carbocycles. The summed E-state index contributed by atoms with van der Waals surface area (Å²) in [6.07, 6.45) is 0.0628. The molecule has 0 bridgehead atoms. The van der Waals surface area contributed by atoms with Gasteiger partial charge in [0.15, 0.2) is 0 Å². The summed E-state index contributed by atoms with van der Waals surface area (Å²) in [7, 11) is 0. The number of hydrogen-bond donors (Lipinski definition) is 1. The molecular formula is C17H17NO2. The van der Waals surface area contributed by atoms with Crippen LogP contribution in [0.1, 0.15) is 29.2 Å². The highest BCUT2D eigenvalue weighted by molar-refractivity contribution is 5.65. The van der Waals surface area contributed by atoms with Crippen LogP contribution in [0.4, 0.5) is 0 Å². The highest BCUT2D eigenvalue weighted by Crippen LogP contribution is 2.18. The van der Waals surface area contributed by atoms with E-state index in [0.717, 1.165) is 18.7 Å². The van der Waals surface area contributed by atoms with Gasteiger partial charge in [-0.05, 0) is 0 Å². The van der Waals surface area contributed by atoms with Crippen LogP contribution in [0.3, 0.4) is 0 Å². The molecule has 0 fully saturated rings. The number of carbonyl (C=O) groups is 1. The molecule has 0 unspecified atom stereocenters. The molecule has 2 aromatic rings. The van der Waals surface area contributed by atoms with E-state index in [1.807, 2.05) is 42.5 Å². The van der Waals surface area contributed by atoms with E-state index in [9.17, 15) is 9.90 Å². The van der Waals surface area contributed by atoms with Crippen LogP contribution >= 0.6 is 0 Å². The number of carboxylic acids is 1. The molecule has 3 nitrogen and oxygen atoms in total. The molecule has 3 heteroatoms. The molecule has 102 valence electrons. The van der Waals surface area contributed by atoms with Crippen molar-refractivity contribution in [2.45, 2.75) is 25.6 Å². The van der Waals surface area contributed by atoms with Crippen molar-refractivity contribution in [3.8, 4) is 0 Å². The van der Waals surface area contributed by atoms with Crippen LogP contribution < -0.4 is 10.0 Å². The number of aliphatic carboxylic acids is 1. The molecule has 1 N–H and O–H groups in total. The van der Waals surface area contributed by atoms with Crippen LogP contribution in [0.25, 0.3) is 0 Å². The second-order valence-corrected chi connectivity index (χ2v) is 5.32. The van der Waals surface area contributed by atoms with Crippen molar-refractivity contribution in [1.29, 1.82) is 0 Å². The zero-order chi connectivity index (χ0) is 13.9. The Balaban J connectivity index is 1.87. The molecule has 3 rings (SSSR count). The Morgan fingerprint density at radius 3 is 2.10 bits per heavy atom. The Kier molecular flexibility index (Phi) is 3.52. The summed E-state index contributed by atoms with van der Waals surface area (Å²) in [5, 5.41) is 11.1. The number of rotatable bonds is 4. The molecule has 20 heavy (non-hydrogen) atoms. The normalized spacial score (nSPS) is 15.8. The van der Waals surface area contributed by atoms with E-state index in [1.54, 1.807) is 0 Å². The van der Waals surface area contributed by atoms with Gasteiger partial charge in [0.25, 0.3) is 0 Å². The van der Waals surface area contributed by atoms with Gasteiger partial charge in [0.05, 0.1) is 0 Å². The van der Waals surface area contributed by atoms with Gasteiger partial charge >= 0.3 is 0 Å². The Hall–Kier alpha value is -2.13. The molecule has 1 atom stereocenters. The van der Waals surface area contributed by atoms with Gasteiger partial charge in [0, 0.05) is 29.1 Å². The molecule has 1 heterocycles. The van der Waals surface area contributed by atoms with Crippen LogP contribution in [0.2, 0.25) is 0 Å². The fourth-order valence-electron chi connectivity index (χ4n) is 3.05. The highest BCUT2D eigenvalue weighted by atomic mass is 16.4. The molecule has 0 amide bonds. The number of benzene rings is 2. The van der Waals surface area contributed by atoms with Gasteiger partial charge in [-0.1, -0.05) is 54.6 Å². The molecule has 0 saturated carbocycles. The predicted molar refractivity (Wildman–Crippen MR) is 73.6 cm³/mol. The summed E-state index contributed by atoms with van der Waals surface area (Å²) >= 11 is 0. The number of fused-ring (bicyclic) bond motifs is 1. The van der Waals surface area contributed by atoms with E-state index in [1.165, 1.54) is 16.0 Å². The minimum Gasteiger partial charge on any atom is -0.550 e. The van der Waals surface area contributed by atoms with Gasteiger partial charge in [0.2, 0.25) is 0 Å². The van der Waals surface area contributed by atoms with Gasteiger partial charge in [-0.3, -0.25) is 0 Å². The average Bonchev–Trinajstić information content (AvgIpc) is 2.89. The first kappa shape index (κ1) is 12.9. The summed E-state index contributed by atoms with van der Waals surface area (Å²) in [5.74, 6) is -0.984. The Morgan fingerprint density at radius 1 is 1.00 bits per heavy atom. The molecule has 0 aromatic heterocycles. The molecule has 0 aliphatic carbocycles. The van der Waals surface area contributed by atoms with Crippen molar-refractivity contribution in [3.05, 3.63) is 71.3 Å². The standard InChI is InChI=1S/C17H17NO2/c19-17(20)10-16(13-6-2-1-3-7-13)18-11-14-8-4-5-9-15(14)12-18/h1-9,16H,10-12H2,(H,19,20)/t16-/m0/s1. The van der Waals surface area contributed by atoms with Gasteiger partial charge in [0.1, 0.15) is 19.1 Å². The van der Waals surface area contributed by atoms with Crippen LogP contribution in [0, 0.1) is 0 Å². The van der Waals surface area contributed by atoms with Gasteiger partial charge < -0.3 is 14.8 Å². The van der Waals surface area contributed by atoms with E-state index in [0.29, 0.717) is 0 Å². The largest absolute Gasteiger partial charge is 0.550 e. The topological polar surface area (TPSA) is 44.6 Å². The summed E-state index contributed by atoms with van der Waals surface area (Å²) in [6, 6.07) is 18.2. The van der Waals surface area contributed by atoms with E-state index in [-0.39, 0.29) is 12.5 Å². The Bertz CT molecular complexity index is 584. The third-order valence-electron chi connectivity index (χ3n) is 4.02. The maximum Gasteiger partial charge on any atom is 0.119 e. The number of carbonyl (C=O) groups excluding carboxylic acids is 1. The van der Waals surface area contributed by atoms with Crippen molar-refractivity contribution in [2.75, 3.05) is 0 Å². The van der Waals surface area contributed by atoms with Crippen LogP contribution in [0.15, 0.2) is 54.6 Å². The van der Waals surface area contributed by atoms with Gasteiger partial charge in [-0.15, -0.1) is 0 Å². The van der Waals surface area contributed by atoms with Crippen LogP contribution in [0.5, 0.6) is 0 Å². The third-order valence-corrected chi connectivity index (χ3v) is 4.02. The van der Waals surface area contributed by atoms with Gasteiger partial charge in [-0.2, -0.15) is 0 Å². The lowest BCUT2D eigenvalue weighted by Gasteiger charge is -2.25. The minimum absolute atomic E-state index is 0.0476. The highest BCUT2D eigenvalue weighted by Gasteiger charge is 2.30. The molecule has 1 aliphatic rings. The molecule has 0 saturated heterocycles. The first-order valence-electron chi connectivity index (χ1n) is 6.90. The zero-order valence-corrected chi connectivity index (χ0v) is 11.2. The quantitative estimate of drug-likeness (QED) is 0.875. The van der Waals surface area contributed by atoms with Gasteiger partial charge in [-0.25, -0.2) is 0 Å². The van der Waals surface area contributed by atoms with E-state index >= 15 is 0 Å². The predicted octanol–water partition coefficient (Wildman–Crippen LogP) is 0.466. The second kappa shape index (κ2) is 5.47. The summed E-state index contributed by atoms with van der Waals surface area (Å²) < 4.78 is 0. The minimum atomic E-state index is -0.984. The number of nitrogens with one attached hydrogen (secondary N) is 1. The smallest absolute Gasteiger partial charge is 0.119 e. The zero-order valence-electron chi connectivity index (χ0n) is 11.2. The van der Waals surface area contributed by atoms with E-state index < -0.39 is 5.97 Å². The average molecular weight is 267 g/mol. The van der Waals surface area contributed by atoms with Crippen molar-refractivity contribution < 1.29 is 14.8 Å². The molecule has 0 radical (unpaired) electrons. The SMILES string of the molecule is O=C([O-])C[C@@H](c1ccccc1)[NH+]1Cc2ccccc2C1. The van der Waals surface area contributed by atoms with E-state index in [2.05, 4.69) is 12.1 Å². The van der Waals surface area contributed by atoms with Crippen molar-refractivity contribution >= 4 is 5.97 Å². The molecular weight excluding hydrogens is 250 g/mol. The second-order valence-electron chi connectivity index (χ2n) is 5.32. The lowest BCUT2D eigenvalue weighted by Crippen LogP contribution is -3.08. The van der Waals surface area contributed by atoms with Crippen molar-refractivity contribution in [1.82, 2.24) is 0 Å². The summed E-state index contributed by atoms with van der Waals surface area (Å²) in [4.78, 5) is 12.4. The third kappa shape index (κ3) is 2.58. The first-order valence-corrected chi connectivity index (χ1v) is 6.90. The Labute approximate surface area is 118 Å². The lowest BCUT2D eigenvalue weighted by molar-refractivity contribution is -0.951. The monoisotopic (exact) mass is 267 g/mol. The van der Waals surface area contributed by atoms with Crippen molar-refractivity contribution in [3.63, 3.8) is 0 Å². The summed E-state index contributed by atoms with van der Waals surface area (Å²) in [6.45, 7) is 1.76. The number of carboxylic acid groups (broad SMARTS) is 1. The van der Waals surface area contributed by atoms with Crippen LogP contribution in [-0.4, -0.2) is 5.97 Å². The summed E-state index contributed by atoms with van der Waals surface area (Å²) in [5.41, 5.74) is 3.71. The first-order chi connectivity index (χ1) is 9.74. The number of quaternary nitrogens is 1. The number of hydrogen-bond acceptors (Lipinski definition) is 2. The fourth-order valence-corrected chi connectivity index (χ4v) is 3.05. The fraction of sp³-hybridized carbons (Fsp3) is 0.235. The maximum atomic E-state index is 11.1. The van der Waals surface area contributed by atoms with Crippen molar-refractivity contribution in [2.24, 2.45) is 0 Å². The van der Waals surface area contributed by atoms with Crippen LogP contribution in [-0.2, 0) is 17.9 Å². The lowest BCUT2D eigenvalue weighted by atomic mass is 10.0. The molecule has 0 spiro atoms. The Morgan fingerprint density at radius 2 is 1.55 bits per heavy atom.